The number of nitrogens with two attached hydrogens (primary N) is 1. The molecule has 0 saturated carbocycles. The van der Waals surface area contributed by atoms with E-state index in [1.807, 2.05) is 24.3 Å². The first-order valence-corrected chi connectivity index (χ1v) is 11.8. The van der Waals surface area contributed by atoms with Gasteiger partial charge in [-0.1, -0.05) is 31.2 Å². The van der Waals surface area contributed by atoms with Gasteiger partial charge in [-0.2, -0.15) is 10.5 Å². The van der Waals surface area contributed by atoms with Gasteiger partial charge in [0.15, 0.2) is 0 Å². The third-order valence-electron chi connectivity index (χ3n) is 5.32. The third kappa shape index (κ3) is 5.84. The van der Waals surface area contributed by atoms with Crippen molar-refractivity contribution >= 4 is 29.2 Å². The highest BCUT2D eigenvalue weighted by atomic mass is 32.2. The fourth-order valence-electron chi connectivity index (χ4n) is 3.45. The number of hydrogen-bond acceptors (Lipinski definition) is 8. The Kier molecular flexibility index (Phi) is 8.55. The Morgan fingerprint density at radius 2 is 1.80 bits per heavy atom. The number of aromatic nitrogens is 1. The maximum absolute atomic E-state index is 12.5. The van der Waals surface area contributed by atoms with Crippen LogP contribution in [0.4, 0.5) is 11.5 Å². The van der Waals surface area contributed by atoms with Crippen molar-refractivity contribution in [3.63, 3.8) is 0 Å². The summed E-state index contributed by atoms with van der Waals surface area (Å²) < 4.78 is 10.5. The average molecular weight is 488 g/mol. The molecule has 0 saturated heterocycles. The van der Waals surface area contributed by atoms with E-state index in [0.717, 1.165) is 17.5 Å². The fraction of sp³-hybridized carbons (Fsp3) is 0.231. The van der Waals surface area contributed by atoms with Crippen molar-refractivity contribution in [1.29, 1.82) is 10.5 Å². The van der Waals surface area contributed by atoms with Crippen LogP contribution in [0.1, 0.15) is 30.0 Å². The topological polar surface area (TPSA) is 134 Å². The number of thioether (sulfide) groups is 1. The molecule has 9 heteroatoms. The zero-order valence-corrected chi connectivity index (χ0v) is 20.5. The van der Waals surface area contributed by atoms with E-state index in [4.69, 9.17) is 15.2 Å². The summed E-state index contributed by atoms with van der Waals surface area (Å²) in [4.78, 5) is 16.8. The van der Waals surface area contributed by atoms with Crippen LogP contribution < -0.4 is 20.5 Å². The minimum atomic E-state index is -0.225. The number of nitrogen functional groups attached to an aromatic ring is 1. The molecule has 1 aromatic heterocycles. The van der Waals surface area contributed by atoms with Crippen molar-refractivity contribution in [2.75, 3.05) is 31.0 Å². The molecular formula is C26H25N5O3S. The minimum Gasteiger partial charge on any atom is -0.497 e. The van der Waals surface area contributed by atoms with Gasteiger partial charge >= 0.3 is 0 Å². The lowest BCUT2D eigenvalue weighted by Crippen LogP contribution is -2.13. The van der Waals surface area contributed by atoms with E-state index in [-0.39, 0.29) is 29.3 Å². The zero-order valence-electron chi connectivity index (χ0n) is 19.7. The lowest BCUT2D eigenvalue weighted by Gasteiger charge is -2.14. The first-order valence-electron chi connectivity index (χ1n) is 10.8. The molecular weight excluding hydrogens is 462 g/mol. The van der Waals surface area contributed by atoms with Gasteiger partial charge in [0, 0.05) is 23.8 Å². The summed E-state index contributed by atoms with van der Waals surface area (Å²) in [5, 5.41) is 22.8. The number of nitrogens with zero attached hydrogens (tertiary/aromatic N) is 3. The van der Waals surface area contributed by atoms with Gasteiger partial charge in [0.1, 0.15) is 40.0 Å². The predicted molar refractivity (Wildman–Crippen MR) is 136 cm³/mol. The first-order chi connectivity index (χ1) is 16.9. The van der Waals surface area contributed by atoms with Crippen LogP contribution in [-0.2, 0) is 11.2 Å². The van der Waals surface area contributed by atoms with Crippen LogP contribution in [0.25, 0.3) is 11.1 Å². The number of carbonyl (C=O) groups is 1. The quantitative estimate of drug-likeness (QED) is 0.412. The number of methoxy groups -OCH3 is 2. The molecule has 0 radical (unpaired) electrons. The van der Waals surface area contributed by atoms with E-state index in [2.05, 4.69) is 29.4 Å². The number of aryl methyl sites for hydroxylation is 1. The van der Waals surface area contributed by atoms with Gasteiger partial charge in [-0.05, 0) is 29.7 Å². The molecule has 8 nitrogen and oxygen atoms in total. The van der Waals surface area contributed by atoms with Crippen LogP contribution in [0.15, 0.2) is 47.5 Å². The molecule has 1 heterocycles. The van der Waals surface area contributed by atoms with Crippen molar-refractivity contribution < 1.29 is 14.3 Å². The summed E-state index contributed by atoms with van der Waals surface area (Å²) >= 11 is 1.24. The molecule has 0 fully saturated rings. The normalized spacial score (nSPS) is 10.2. The lowest BCUT2D eigenvalue weighted by atomic mass is 9.96. The Morgan fingerprint density at radius 3 is 2.40 bits per heavy atom. The molecule has 2 aromatic carbocycles. The number of pyridine rings is 1. The highest BCUT2D eigenvalue weighted by molar-refractivity contribution is 7.99. The van der Waals surface area contributed by atoms with Crippen molar-refractivity contribution in [1.82, 2.24) is 4.98 Å². The van der Waals surface area contributed by atoms with Gasteiger partial charge in [-0.15, -0.1) is 11.8 Å². The van der Waals surface area contributed by atoms with Gasteiger partial charge in [0.25, 0.3) is 0 Å². The van der Waals surface area contributed by atoms with Gasteiger partial charge in [-0.25, -0.2) is 4.98 Å². The zero-order chi connectivity index (χ0) is 25.4. The smallest absolute Gasteiger partial charge is 0.225 e. The molecule has 3 aromatic rings. The second-order valence-corrected chi connectivity index (χ2v) is 8.50. The number of hydrogen-bond donors (Lipinski definition) is 2. The molecule has 35 heavy (non-hydrogen) atoms. The van der Waals surface area contributed by atoms with Crippen LogP contribution in [0, 0.1) is 22.7 Å². The van der Waals surface area contributed by atoms with E-state index < -0.39 is 0 Å². The molecule has 0 aliphatic rings. The average Bonchev–Trinajstić information content (AvgIpc) is 2.88. The molecule has 0 spiro atoms. The second-order valence-electron chi connectivity index (χ2n) is 7.41. The highest BCUT2D eigenvalue weighted by Gasteiger charge is 2.21. The van der Waals surface area contributed by atoms with E-state index in [1.165, 1.54) is 18.9 Å². The number of amides is 1. The van der Waals surface area contributed by atoms with Gasteiger partial charge < -0.3 is 20.5 Å². The summed E-state index contributed by atoms with van der Waals surface area (Å²) in [6.45, 7) is 2.05. The number of carbonyl (C=O) groups excluding carboxylic acids is 1. The Morgan fingerprint density at radius 1 is 1.09 bits per heavy atom. The number of benzene rings is 2. The largest absolute Gasteiger partial charge is 0.497 e. The number of nitriles is 2. The number of rotatable bonds is 9. The van der Waals surface area contributed by atoms with Gasteiger partial charge in [0.05, 0.1) is 25.5 Å². The standard InChI is InChI=1S/C26H25N5O3S/c1-4-16-5-7-17(8-6-16)24-19(14-27)25(29)31-26(20(24)15-28)35-12-11-23(32)30-21-10-9-18(33-2)13-22(21)34-3/h5-10,13H,4,11-12H2,1-3H3,(H2,29,31)(H,30,32). The van der Waals surface area contributed by atoms with Crippen LogP contribution in [0.5, 0.6) is 11.5 Å². The highest BCUT2D eigenvalue weighted by Crippen LogP contribution is 2.36. The van der Waals surface area contributed by atoms with Crippen LogP contribution in [-0.4, -0.2) is 30.9 Å². The number of ether oxygens (including phenoxy) is 2. The van der Waals surface area contributed by atoms with Crippen molar-refractivity contribution in [2.24, 2.45) is 0 Å². The van der Waals surface area contributed by atoms with E-state index in [1.54, 1.807) is 25.3 Å². The Balaban J connectivity index is 1.80. The number of nitrogens with one attached hydrogen (secondary N) is 1. The molecule has 3 N–H and O–H groups in total. The van der Waals surface area contributed by atoms with Gasteiger partial charge in [0.2, 0.25) is 5.91 Å². The second kappa shape index (κ2) is 11.8. The number of anilines is 2. The van der Waals surface area contributed by atoms with Crippen LogP contribution in [0.3, 0.4) is 0 Å². The molecule has 0 aliphatic heterocycles. The van der Waals surface area contributed by atoms with E-state index in [9.17, 15) is 15.3 Å². The minimum absolute atomic E-state index is 0.0518. The molecule has 178 valence electrons. The van der Waals surface area contributed by atoms with Crippen LogP contribution >= 0.6 is 11.8 Å². The molecule has 1 amide bonds. The summed E-state index contributed by atoms with van der Waals surface area (Å²) in [5.74, 6) is 1.28. The van der Waals surface area contributed by atoms with Crippen molar-refractivity contribution in [3.8, 4) is 34.8 Å². The van der Waals surface area contributed by atoms with E-state index >= 15 is 0 Å². The fourth-order valence-corrected chi connectivity index (χ4v) is 4.39. The Hall–Kier alpha value is -4.21. The molecule has 0 aliphatic carbocycles. The van der Waals surface area contributed by atoms with Crippen LogP contribution in [0.2, 0.25) is 0 Å². The van der Waals surface area contributed by atoms with Crippen molar-refractivity contribution in [2.45, 2.75) is 24.8 Å². The molecule has 0 bridgehead atoms. The molecule has 3 rings (SSSR count). The summed E-state index contributed by atoms with van der Waals surface area (Å²) in [7, 11) is 3.06. The van der Waals surface area contributed by atoms with Gasteiger partial charge in [-0.3, -0.25) is 4.79 Å². The maximum Gasteiger partial charge on any atom is 0.225 e. The predicted octanol–water partition coefficient (Wildman–Crippen LogP) is 4.77. The Labute approximate surface area is 208 Å². The SMILES string of the molecule is CCc1ccc(-c2c(C#N)c(N)nc(SCCC(=O)Nc3ccc(OC)cc3OC)c2C#N)cc1. The summed E-state index contributed by atoms with van der Waals surface area (Å²) in [5.41, 5.74) is 9.36. The Bertz CT molecular complexity index is 1310. The third-order valence-corrected chi connectivity index (χ3v) is 6.29. The molecule has 0 unspecified atom stereocenters. The summed E-state index contributed by atoms with van der Waals surface area (Å²) in [6.07, 6.45) is 1.04. The molecule has 0 atom stereocenters. The summed E-state index contributed by atoms with van der Waals surface area (Å²) in [6, 6.07) is 17.0. The van der Waals surface area contributed by atoms with Crippen molar-refractivity contribution in [3.05, 3.63) is 59.2 Å². The maximum atomic E-state index is 12.5. The van der Waals surface area contributed by atoms with E-state index in [0.29, 0.717) is 33.5 Å². The lowest BCUT2D eigenvalue weighted by molar-refractivity contribution is -0.115. The monoisotopic (exact) mass is 487 g/mol. The first kappa shape index (κ1) is 25.4.